The number of hydrogen-bond donors (Lipinski definition) is 1. The van der Waals surface area contributed by atoms with Crippen LogP contribution in [0.5, 0.6) is 0 Å². The highest BCUT2D eigenvalue weighted by molar-refractivity contribution is 5.65. The molecule has 0 aromatic heterocycles. The molecule has 1 amide bonds. The van der Waals surface area contributed by atoms with Crippen molar-refractivity contribution in [3.63, 3.8) is 0 Å². The molecule has 2 aromatic carbocycles. The van der Waals surface area contributed by atoms with E-state index in [1.54, 1.807) is 0 Å². The van der Waals surface area contributed by atoms with Gasteiger partial charge in [0.15, 0.2) is 6.10 Å². The molecular formula is C14H11F2NO2. The van der Waals surface area contributed by atoms with Gasteiger partial charge in [-0.1, -0.05) is 24.3 Å². The number of hydrogen-bond acceptors (Lipinski definition) is 2. The first-order valence-corrected chi connectivity index (χ1v) is 5.53. The van der Waals surface area contributed by atoms with E-state index < -0.39 is 23.8 Å². The monoisotopic (exact) mass is 263 g/mol. The molecule has 98 valence electrons. The molecule has 2 rings (SSSR count). The Labute approximate surface area is 108 Å². The quantitative estimate of drug-likeness (QED) is 0.924. The van der Waals surface area contributed by atoms with Crippen LogP contribution in [-0.2, 0) is 4.74 Å². The van der Waals surface area contributed by atoms with Gasteiger partial charge in [-0.05, 0) is 35.4 Å². The fourth-order valence-corrected chi connectivity index (χ4v) is 1.72. The molecule has 0 saturated carbocycles. The lowest BCUT2D eigenvalue weighted by Crippen LogP contribution is -2.18. The first-order chi connectivity index (χ1) is 9.06. The van der Waals surface area contributed by atoms with Gasteiger partial charge in [0.2, 0.25) is 0 Å². The standard InChI is InChI=1S/C14H11F2NO2/c15-11-5-1-9(2-6-11)13(19-14(17)18)10-3-7-12(16)8-4-10/h1-8,13H,(H2,17,18). The van der Waals surface area contributed by atoms with Crippen LogP contribution in [0.25, 0.3) is 0 Å². The van der Waals surface area contributed by atoms with Crippen molar-refractivity contribution in [3.05, 3.63) is 71.3 Å². The van der Waals surface area contributed by atoms with Crippen LogP contribution in [0.15, 0.2) is 48.5 Å². The summed E-state index contributed by atoms with van der Waals surface area (Å²) in [6.07, 6.45) is -1.75. The Morgan fingerprint density at radius 1 is 0.895 bits per heavy atom. The Kier molecular flexibility index (Phi) is 3.75. The van der Waals surface area contributed by atoms with Crippen LogP contribution in [0.4, 0.5) is 13.6 Å². The molecule has 0 atom stereocenters. The van der Waals surface area contributed by atoms with Crippen molar-refractivity contribution in [1.82, 2.24) is 0 Å². The van der Waals surface area contributed by atoms with E-state index in [9.17, 15) is 13.6 Å². The van der Waals surface area contributed by atoms with Crippen LogP contribution in [0.3, 0.4) is 0 Å². The van der Waals surface area contributed by atoms with E-state index in [1.807, 2.05) is 0 Å². The lowest BCUT2D eigenvalue weighted by Gasteiger charge is -2.17. The number of carbonyl (C=O) groups excluding carboxylic acids is 1. The zero-order valence-corrected chi connectivity index (χ0v) is 9.85. The molecule has 0 saturated heterocycles. The van der Waals surface area contributed by atoms with Crippen molar-refractivity contribution in [2.75, 3.05) is 0 Å². The molecule has 5 heteroatoms. The number of rotatable bonds is 3. The SMILES string of the molecule is NC(=O)OC(c1ccc(F)cc1)c1ccc(F)cc1. The van der Waals surface area contributed by atoms with Gasteiger partial charge in [-0.2, -0.15) is 0 Å². The van der Waals surface area contributed by atoms with E-state index in [2.05, 4.69) is 0 Å². The number of ether oxygens (including phenoxy) is 1. The van der Waals surface area contributed by atoms with Gasteiger partial charge in [-0.3, -0.25) is 0 Å². The first kappa shape index (κ1) is 13.0. The number of carbonyl (C=O) groups is 1. The summed E-state index contributed by atoms with van der Waals surface area (Å²) in [7, 11) is 0. The summed E-state index contributed by atoms with van der Waals surface area (Å²) >= 11 is 0. The summed E-state index contributed by atoms with van der Waals surface area (Å²) in [6.45, 7) is 0. The molecule has 2 aromatic rings. The van der Waals surface area contributed by atoms with Gasteiger partial charge >= 0.3 is 6.09 Å². The Morgan fingerprint density at radius 3 is 1.58 bits per heavy atom. The van der Waals surface area contributed by atoms with Crippen molar-refractivity contribution < 1.29 is 18.3 Å². The molecule has 0 spiro atoms. The summed E-state index contributed by atoms with van der Waals surface area (Å²) < 4.78 is 30.8. The molecule has 0 fully saturated rings. The van der Waals surface area contributed by atoms with Crippen LogP contribution < -0.4 is 5.73 Å². The second-order valence-electron chi connectivity index (χ2n) is 3.92. The predicted molar refractivity (Wildman–Crippen MR) is 65.3 cm³/mol. The lowest BCUT2D eigenvalue weighted by atomic mass is 10.0. The molecule has 0 heterocycles. The molecule has 0 unspecified atom stereocenters. The van der Waals surface area contributed by atoms with Crippen LogP contribution in [0.1, 0.15) is 17.2 Å². The minimum atomic E-state index is -0.960. The average molecular weight is 263 g/mol. The summed E-state index contributed by atoms with van der Waals surface area (Å²) in [5.41, 5.74) is 6.11. The molecule has 2 N–H and O–H groups in total. The van der Waals surface area contributed by atoms with E-state index in [0.717, 1.165) is 0 Å². The predicted octanol–water partition coefficient (Wildman–Crippen LogP) is 3.15. The molecule has 0 aliphatic carbocycles. The highest BCUT2D eigenvalue weighted by atomic mass is 19.1. The minimum absolute atomic E-state index is 0.402. The summed E-state index contributed by atoms with van der Waals surface area (Å²) in [6, 6.07) is 10.9. The molecule has 0 bridgehead atoms. The normalized spacial score (nSPS) is 10.5. The number of amides is 1. The summed E-state index contributed by atoms with van der Waals surface area (Å²) in [5.74, 6) is -0.804. The van der Waals surface area contributed by atoms with Crippen LogP contribution in [0, 0.1) is 11.6 Å². The van der Waals surface area contributed by atoms with Gasteiger partial charge in [0, 0.05) is 0 Å². The van der Waals surface area contributed by atoms with Gasteiger partial charge in [-0.15, -0.1) is 0 Å². The fourth-order valence-electron chi connectivity index (χ4n) is 1.72. The maximum absolute atomic E-state index is 12.9. The largest absolute Gasteiger partial charge is 0.437 e. The molecule has 0 aliphatic rings. The van der Waals surface area contributed by atoms with E-state index in [-0.39, 0.29) is 0 Å². The van der Waals surface area contributed by atoms with Crippen molar-refractivity contribution >= 4 is 6.09 Å². The molecular weight excluding hydrogens is 252 g/mol. The van der Waals surface area contributed by atoms with Crippen molar-refractivity contribution in [2.24, 2.45) is 5.73 Å². The molecule has 3 nitrogen and oxygen atoms in total. The Bertz CT molecular complexity index is 522. The van der Waals surface area contributed by atoms with Crippen LogP contribution >= 0.6 is 0 Å². The van der Waals surface area contributed by atoms with E-state index in [4.69, 9.17) is 10.5 Å². The summed E-state index contributed by atoms with van der Waals surface area (Å²) in [4.78, 5) is 10.9. The first-order valence-electron chi connectivity index (χ1n) is 5.53. The lowest BCUT2D eigenvalue weighted by molar-refractivity contribution is 0.126. The number of primary amides is 1. The van der Waals surface area contributed by atoms with Crippen LogP contribution in [0.2, 0.25) is 0 Å². The van der Waals surface area contributed by atoms with Gasteiger partial charge in [0.25, 0.3) is 0 Å². The van der Waals surface area contributed by atoms with Gasteiger partial charge in [0.1, 0.15) is 11.6 Å². The number of nitrogens with two attached hydrogens (primary N) is 1. The van der Waals surface area contributed by atoms with Crippen LogP contribution in [-0.4, -0.2) is 6.09 Å². The smallest absolute Gasteiger partial charge is 0.405 e. The zero-order chi connectivity index (χ0) is 13.8. The Morgan fingerprint density at radius 2 is 1.26 bits per heavy atom. The van der Waals surface area contributed by atoms with Gasteiger partial charge < -0.3 is 10.5 Å². The topological polar surface area (TPSA) is 52.3 Å². The highest BCUT2D eigenvalue weighted by Crippen LogP contribution is 2.26. The Hall–Kier alpha value is -2.43. The van der Waals surface area contributed by atoms with Crippen molar-refractivity contribution in [2.45, 2.75) is 6.10 Å². The third-order valence-corrected chi connectivity index (χ3v) is 2.58. The third-order valence-electron chi connectivity index (χ3n) is 2.58. The number of benzene rings is 2. The maximum atomic E-state index is 12.9. The minimum Gasteiger partial charge on any atom is -0.437 e. The second-order valence-corrected chi connectivity index (χ2v) is 3.92. The molecule has 19 heavy (non-hydrogen) atoms. The zero-order valence-electron chi connectivity index (χ0n) is 9.85. The van der Waals surface area contributed by atoms with Gasteiger partial charge in [0.05, 0.1) is 0 Å². The van der Waals surface area contributed by atoms with E-state index >= 15 is 0 Å². The number of halogens is 2. The van der Waals surface area contributed by atoms with Crippen molar-refractivity contribution in [1.29, 1.82) is 0 Å². The molecule has 0 aliphatic heterocycles. The van der Waals surface area contributed by atoms with Crippen molar-refractivity contribution in [3.8, 4) is 0 Å². The third kappa shape index (κ3) is 3.28. The van der Waals surface area contributed by atoms with E-state index in [1.165, 1.54) is 48.5 Å². The fraction of sp³-hybridized carbons (Fsp3) is 0.0714. The highest BCUT2D eigenvalue weighted by Gasteiger charge is 2.17. The molecule has 0 radical (unpaired) electrons. The Balaban J connectivity index is 2.37. The van der Waals surface area contributed by atoms with Gasteiger partial charge in [-0.25, -0.2) is 13.6 Å². The summed E-state index contributed by atoms with van der Waals surface area (Å²) in [5, 5.41) is 0. The average Bonchev–Trinajstić information content (AvgIpc) is 2.38. The second kappa shape index (κ2) is 5.48. The maximum Gasteiger partial charge on any atom is 0.405 e. The van der Waals surface area contributed by atoms with E-state index in [0.29, 0.717) is 11.1 Å².